The summed E-state index contributed by atoms with van der Waals surface area (Å²) in [7, 11) is -3.98. The van der Waals surface area contributed by atoms with Gasteiger partial charge in [-0.15, -0.1) is 0 Å². The second-order valence-corrected chi connectivity index (χ2v) is 6.03. The Morgan fingerprint density at radius 1 is 1.56 bits per heavy atom. The van der Waals surface area contributed by atoms with Gasteiger partial charge in [0.1, 0.15) is 5.82 Å². The SMILES string of the molecule is CC(C(=O)O)S(=O)(=O)Cc1ccc(C#N)cc1F. The van der Waals surface area contributed by atoms with E-state index in [1.54, 1.807) is 6.07 Å². The molecule has 1 unspecified atom stereocenters. The van der Waals surface area contributed by atoms with Gasteiger partial charge in [-0.3, -0.25) is 4.79 Å². The Hall–Kier alpha value is -1.94. The molecule has 1 aromatic rings. The van der Waals surface area contributed by atoms with Gasteiger partial charge in [0.2, 0.25) is 0 Å². The minimum Gasteiger partial charge on any atom is -0.480 e. The van der Waals surface area contributed by atoms with Gasteiger partial charge in [-0.1, -0.05) is 6.07 Å². The van der Waals surface area contributed by atoms with E-state index in [9.17, 15) is 17.6 Å². The summed E-state index contributed by atoms with van der Waals surface area (Å²) in [6.45, 7) is 1.03. The molecule has 18 heavy (non-hydrogen) atoms. The monoisotopic (exact) mass is 271 g/mol. The number of carboxylic acid groups (broad SMARTS) is 1. The van der Waals surface area contributed by atoms with Crippen LogP contribution < -0.4 is 0 Å². The van der Waals surface area contributed by atoms with E-state index in [-0.39, 0.29) is 11.1 Å². The molecule has 0 aliphatic rings. The van der Waals surface area contributed by atoms with E-state index in [4.69, 9.17) is 10.4 Å². The summed E-state index contributed by atoms with van der Waals surface area (Å²) in [5.41, 5.74) is -0.0815. The number of hydrogen-bond donors (Lipinski definition) is 1. The molecule has 0 amide bonds. The number of halogens is 1. The maximum Gasteiger partial charge on any atom is 0.321 e. The second-order valence-electron chi connectivity index (χ2n) is 3.71. The van der Waals surface area contributed by atoms with Crippen molar-refractivity contribution in [2.75, 3.05) is 0 Å². The van der Waals surface area contributed by atoms with Crippen molar-refractivity contribution in [3.8, 4) is 6.07 Å². The van der Waals surface area contributed by atoms with Gasteiger partial charge >= 0.3 is 5.97 Å². The third kappa shape index (κ3) is 3.05. The van der Waals surface area contributed by atoms with E-state index in [1.165, 1.54) is 12.1 Å². The van der Waals surface area contributed by atoms with Crippen molar-refractivity contribution < 1.29 is 22.7 Å². The van der Waals surface area contributed by atoms with Crippen molar-refractivity contribution in [3.05, 3.63) is 35.1 Å². The van der Waals surface area contributed by atoms with Gasteiger partial charge in [-0.25, -0.2) is 12.8 Å². The fraction of sp³-hybridized carbons (Fsp3) is 0.273. The highest BCUT2D eigenvalue weighted by molar-refractivity contribution is 7.91. The maximum absolute atomic E-state index is 13.5. The molecule has 0 aromatic heterocycles. The van der Waals surface area contributed by atoms with E-state index in [2.05, 4.69) is 0 Å². The zero-order valence-corrected chi connectivity index (χ0v) is 10.2. The molecule has 96 valence electrons. The maximum atomic E-state index is 13.5. The zero-order valence-electron chi connectivity index (χ0n) is 9.42. The van der Waals surface area contributed by atoms with Crippen LogP contribution in [0.15, 0.2) is 18.2 Å². The summed E-state index contributed by atoms with van der Waals surface area (Å²) in [5, 5.41) is 15.6. The van der Waals surface area contributed by atoms with E-state index >= 15 is 0 Å². The Balaban J connectivity index is 3.06. The Labute approximate surface area is 103 Å². The third-order valence-electron chi connectivity index (χ3n) is 2.43. The molecule has 0 aliphatic heterocycles. The summed E-state index contributed by atoms with van der Waals surface area (Å²) < 4.78 is 36.7. The number of benzene rings is 1. The number of carboxylic acids is 1. The van der Waals surface area contributed by atoms with Crippen LogP contribution in [0.2, 0.25) is 0 Å². The van der Waals surface area contributed by atoms with Crippen LogP contribution in [0.3, 0.4) is 0 Å². The average molecular weight is 271 g/mol. The molecule has 0 radical (unpaired) electrons. The van der Waals surface area contributed by atoms with Gasteiger partial charge in [-0.2, -0.15) is 5.26 Å². The molecular formula is C11H10FNO4S. The second kappa shape index (κ2) is 5.14. The van der Waals surface area contributed by atoms with Crippen molar-refractivity contribution >= 4 is 15.8 Å². The van der Waals surface area contributed by atoms with E-state index in [0.29, 0.717) is 0 Å². The Kier molecular flexibility index (Phi) is 4.03. The number of hydrogen-bond acceptors (Lipinski definition) is 4. The molecule has 0 bridgehead atoms. The van der Waals surface area contributed by atoms with Crippen molar-refractivity contribution in [2.45, 2.75) is 17.9 Å². The molecule has 1 atom stereocenters. The first-order valence-electron chi connectivity index (χ1n) is 4.91. The normalized spacial score (nSPS) is 12.7. The minimum absolute atomic E-state index is 0.0694. The predicted octanol–water partition coefficient (Wildman–Crippen LogP) is 1.09. The number of nitrogens with zero attached hydrogens (tertiary/aromatic N) is 1. The van der Waals surface area contributed by atoms with Crippen LogP contribution in [0.25, 0.3) is 0 Å². The molecule has 1 N–H and O–H groups in total. The van der Waals surface area contributed by atoms with Gasteiger partial charge in [0.05, 0.1) is 17.4 Å². The van der Waals surface area contributed by atoms with E-state index < -0.39 is 32.6 Å². The number of aliphatic carboxylic acids is 1. The molecule has 0 heterocycles. The number of sulfone groups is 1. The van der Waals surface area contributed by atoms with Crippen LogP contribution >= 0.6 is 0 Å². The highest BCUT2D eigenvalue weighted by Gasteiger charge is 2.28. The molecule has 7 heteroatoms. The first-order valence-corrected chi connectivity index (χ1v) is 6.62. The van der Waals surface area contributed by atoms with Gasteiger partial charge in [0.15, 0.2) is 15.1 Å². The molecule has 1 aromatic carbocycles. The topological polar surface area (TPSA) is 95.2 Å². The van der Waals surface area contributed by atoms with Crippen molar-refractivity contribution in [1.82, 2.24) is 0 Å². The first kappa shape index (κ1) is 14.1. The Morgan fingerprint density at radius 3 is 2.61 bits per heavy atom. The van der Waals surface area contributed by atoms with Gasteiger partial charge in [-0.05, 0) is 19.1 Å². The first-order chi connectivity index (χ1) is 8.27. The lowest BCUT2D eigenvalue weighted by atomic mass is 10.1. The lowest BCUT2D eigenvalue weighted by Gasteiger charge is -2.09. The molecule has 0 spiro atoms. The Bertz CT molecular complexity index is 618. The summed E-state index contributed by atoms with van der Waals surface area (Å²) in [6, 6.07) is 5.07. The van der Waals surface area contributed by atoms with Crippen LogP contribution in [0.1, 0.15) is 18.1 Å². The highest BCUT2D eigenvalue weighted by Crippen LogP contribution is 2.16. The van der Waals surface area contributed by atoms with Crippen LogP contribution in [0.5, 0.6) is 0 Å². The molecule has 0 aliphatic carbocycles. The summed E-state index contributed by atoms with van der Waals surface area (Å²) in [6.07, 6.45) is 0. The quantitative estimate of drug-likeness (QED) is 0.884. The minimum atomic E-state index is -3.98. The fourth-order valence-electron chi connectivity index (χ4n) is 1.23. The zero-order chi connectivity index (χ0) is 13.9. The van der Waals surface area contributed by atoms with Gasteiger partial charge in [0, 0.05) is 5.56 Å². The van der Waals surface area contributed by atoms with Crippen molar-refractivity contribution in [3.63, 3.8) is 0 Å². The number of nitriles is 1. The van der Waals surface area contributed by atoms with Gasteiger partial charge < -0.3 is 5.11 Å². The van der Waals surface area contributed by atoms with Crippen LogP contribution in [0, 0.1) is 17.1 Å². The number of carbonyl (C=O) groups is 1. The van der Waals surface area contributed by atoms with E-state index in [1.807, 2.05) is 0 Å². The van der Waals surface area contributed by atoms with Crippen molar-refractivity contribution in [2.24, 2.45) is 0 Å². The predicted molar refractivity (Wildman–Crippen MR) is 60.8 cm³/mol. The molecule has 0 saturated heterocycles. The fourth-order valence-corrected chi connectivity index (χ4v) is 2.45. The van der Waals surface area contributed by atoms with Crippen LogP contribution in [0.4, 0.5) is 4.39 Å². The third-order valence-corrected chi connectivity index (χ3v) is 4.42. The summed E-state index contributed by atoms with van der Waals surface area (Å²) in [5.74, 6) is -3.03. The standard InChI is InChI=1S/C11H10FNO4S/c1-7(11(14)15)18(16,17)6-9-3-2-8(5-13)4-10(9)12/h2-4,7H,6H2,1H3,(H,14,15). The molecule has 1 rings (SSSR count). The van der Waals surface area contributed by atoms with Crippen LogP contribution in [-0.2, 0) is 20.4 Å². The summed E-state index contributed by atoms with van der Waals surface area (Å²) in [4.78, 5) is 10.6. The Morgan fingerprint density at radius 2 is 2.17 bits per heavy atom. The largest absolute Gasteiger partial charge is 0.480 e. The molecule has 0 saturated carbocycles. The van der Waals surface area contributed by atoms with Crippen molar-refractivity contribution in [1.29, 1.82) is 5.26 Å². The average Bonchev–Trinajstić information content (AvgIpc) is 2.30. The lowest BCUT2D eigenvalue weighted by molar-refractivity contribution is -0.136. The lowest BCUT2D eigenvalue weighted by Crippen LogP contribution is -2.28. The number of rotatable bonds is 4. The van der Waals surface area contributed by atoms with Crippen LogP contribution in [-0.4, -0.2) is 24.7 Å². The van der Waals surface area contributed by atoms with Gasteiger partial charge in [0.25, 0.3) is 0 Å². The smallest absolute Gasteiger partial charge is 0.321 e. The molecular weight excluding hydrogens is 261 g/mol. The molecule has 0 fully saturated rings. The van der Waals surface area contributed by atoms with E-state index in [0.717, 1.165) is 13.0 Å². The highest BCUT2D eigenvalue weighted by atomic mass is 32.2. The summed E-state index contributed by atoms with van der Waals surface area (Å²) >= 11 is 0. The molecule has 5 nitrogen and oxygen atoms in total.